The van der Waals surface area contributed by atoms with Crippen LogP contribution in [0.25, 0.3) is 0 Å². The Balaban J connectivity index is 3.33. The minimum Gasteiger partial charge on any atom is -0.465 e. The summed E-state index contributed by atoms with van der Waals surface area (Å²) in [5, 5.41) is 10.3. The molecule has 0 bridgehead atoms. The predicted molar refractivity (Wildman–Crippen MR) is 75.0 cm³/mol. The van der Waals surface area contributed by atoms with Crippen LogP contribution in [-0.2, 0) is 14.8 Å². The third-order valence-corrected chi connectivity index (χ3v) is 6.30. The van der Waals surface area contributed by atoms with Crippen molar-refractivity contribution in [1.82, 2.24) is 4.31 Å². The molecule has 6 nitrogen and oxygen atoms in total. The number of hydrogen-bond donors (Lipinski definition) is 0. The van der Waals surface area contributed by atoms with Crippen LogP contribution in [0.1, 0.15) is 28.6 Å². The maximum Gasteiger partial charge on any atom is 0.349 e. The quantitative estimate of drug-likeness (QED) is 0.772. The van der Waals surface area contributed by atoms with Crippen molar-refractivity contribution in [2.45, 2.75) is 31.2 Å². The zero-order chi connectivity index (χ0) is 15.5. The minimum atomic E-state index is -3.84. The number of sulfonamides is 1. The molecule has 0 radical (unpaired) electrons. The zero-order valence-corrected chi connectivity index (χ0v) is 13.3. The molecule has 0 aliphatic heterocycles. The Kier molecular flexibility index (Phi) is 5.28. The normalized spacial score (nSPS) is 13.0. The summed E-state index contributed by atoms with van der Waals surface area (Å²) in [6.07, 6.45) is 0.0759. The lowest BCUT2D eigenvalue weighted by Gasteiger charge is -2.22. The first-order chi connectivity index (χ1) is 9.27. The van der Waals surface area contributed by atoms with Crippen LogP contribution in [0.2, 0.25) is 0 Å². The van der Waals surface area contributed by atoms with E-state index in [0.29, 0.717) is 5.56 Å². The lowest BCUT2D eigenvalue weighted by Crippen LogP contribution is -2.35. The molecule has 20 heavy (non-hydrogen) atoms. The van der Waals surface area contributed by atoms with Crippen LogP contribution in [0.5, 0.6) is 0 Å². The largest absolute Gasteiger partial charge is 0.465 e. The Hall–Kier alpha value is -1.43. The number of rotatable bonds is 5. The molecule has 0 spiro atoms. The fraction of sp³-hybridized carbons (Fsp3) is 0.500. The Bertz CT molecular complexity index is 643. The van der Waals surface area contributed by atoms with E-state index in [1.165, 1.54) is 14.2 Å². The summed E-state index contributed by atoms with van der Waals surface area (Å²) in [6, 6.07) is 1.46. The van der Waals surface area contributed by atoms with Gasteiger partial charge in [-0.05, 0) is 24.8 Å². The molecule has 0 aliphatic rings. The van der Waals surface area contributed by atoms with Crippen LogP contribution < -0.4 is 0 Å². The summed E-state index contributed by atoms with van der Waals surface area (Å²) in [6.45, 7) is 3.26. The van der Waals surface area contributed by atoms with Gasteiger partial charge in [-0.15, -0.1) is 11.3 Å². The van der Waals surface area contributed by atoms with E-state index in [-0.39, 0.29) is 16.2 Å². The maximum atomic E-state index is 12.6. The smallest absolute Gasteiger partial charge is 0.349 e. The molecule has 1 aromatic heterocycles. The third-order valence-electron chi connectivity index (χ3n) is 2.93. The van der Waals surface area contributed by atoms with E-state index >= 15 is 0 Å². The molecule has 0 amide bonds. The monoisotopic (exact) mass is 316 g/mol. The zero-order valence-electron chi connectivity index (χ0n) is 11.7. The minimum absolute atomic E-state index is 0.0401. The van der Waals surface area contributed by atoms with Crippen molar-refractivity contribution < 1.29 is 17.9 Å². The van der Waals surface area contributed by atoms with Crippen LogP contribution in [0.4, 0.5) is 0 Å². The first kappa shape index (κ1) is 16.6. The summed E-state index contributed by atoms with van der Waals surface area (Å²) in [4.78, 5) is 11.7. The summed E-state index contributed by atoms with van der Waals surface area (Å²) in [5.74, 6) is -0.678. The lowest BCUT2D eigenvalue weighted by atomic mass is 10.3. The highest BCUT2D eigenvalue weighted by Crippen LogP contribution is 2.30. The lowest BCUT2D eigenvalue weighted by molar-refractivity contribution is 0.0602. The number of nitriles is 1. The number of carbonyl (C=O) groups is 1. The first-order valence-electron chi connectivity index (χ1n) is 5.78. The number of hydrogen-bond acceptors (Lipinski definition) is 6. The van der Waals surface area contributed by atoms with Gasteiger partial charge in [0.05, 0.1) is 19.6 Å². The molecule has 110 valence electrons. The summed E-state index contributed by atoms with van der Waals surface area (Å²) in [7, 11) is -1.24. The van der Waals surface area contributed by atoms with Gasteiger partial charge in [-0.1, -0.05) is 0 Å². The Morgan fingerprint density at radius 2 is 2.20 bits per heavy atom. The van der Waals surface area contributed by atoms with Crippen molar-refractivity contribution >= 4 is 27.3 Å². The van der Waals surface area contributed by atoms with Gasteiger partial charge in [-0.25, -0.2) is 13.2 Å². The highest BCUT2D eigenvalue weighted by molar-refractivity contribution is 7.89. The molecular formula is C12H16N2O4S2. The van der Waals surface area contributed by atoms with Crippen LogP contribution in [-0.4, -0.2) is 38.9 Å². The number of nitrogens with zero attached hydrogens (tertiary/aromatic N) is 2. The number of aryl methyl sites for hydroxylation is 1. The van der Waals surface area contributed by atoms with E-state index in [1.54, 1.807) is 19.2 Å². The molecule has 0 aliphatic carbocycles. The van der Waals surface area contributed by atoms with Crippen molar-refractivity contribution in [3.05, 3.63) is 15.8 Å². The first-order valence-corrected chi connectivity index (χ1v) is 8.10. The van der Waals surface area contributed by atoms with Gasteiger partial charge < -0.3 is 4.74 Å². The van der Waals surface area contributed by atoms with Gasteiger partial charge in [0, 0.05) is 13.1 Å². The Morgan fingerprint density at radius 3 is 2.70 bits per heavy atom. The molecule has 0 saturated heterocycles. The maximum absolute atomic E-state index is 12.6. The van der Waals surface area contributed by atoms with Crippen LogP contribution in [0.3, 0.4) is 0 Å². The number of ether oxygens (including phenoxy) is 1. The summed E-state index contributed by atoms with van der Waals surface area (Å²) >= 11 is 1.03. The molecule has 8 heteroatoms. The van der Waals surface area contributed by atoms with Gasteiger partial charge in [0.1, 0.15) is 9.77 Å². The predicted octanol–water partition coefficient (Wildman–Crippen LogP) is 1.77. The molecule has 0 fully saturated rings. The Labute approximate surface area is 122 Å². The highest BCUT2D eigenvalue weighted by Gasteiger charge is 2.32. The van der Waals surface area contributed by atoms with Gasteiger partial charge in [-0.2, -0.15) is 9.57 Å². The van der Waals surface area contributed by atoms with Gasteiger partial charge in [0.25, 0.3) is 0 Å². The SMILES string of the molecule is COC(=O)c1scc(C)c1S(=O)(=O)N(C)C(C)CC#N. The topological polar surface area (TPSA) is 87.5 Å². The fourth-order valence-corrected chi connectivity index (χ4v) is 4.64. The van der Waals surface area contributed by atoms with Gasteiger partial charge >= 0.3 is 5.97 Å². The average molecular weight is 316 g/mol. The number of methoxy groups -OCH3 is 1. The molecular weight excluding hydrogens is 300 g/mol. The standard InChI is InChI=1S/C12H16N2O4S2/c1-8-7-19-10(12(15)18-4)11(8)20(16,17)14(3)9(2)5-6-13/h7,9H,5H2,1-4H3. The van der Waals surface area contributed by atoms with E-state index in [1.807, 2.05) is 6.07 Å². The van der Waals surface area contributed by atoms with Crippen molar-refractivity contribution in [3.63, 3.8) is 0 Å². The van der Waals surface area contributed by atoms with Crippen molar-refractivity contribution in [3.8, 4) is 6.07 Å². The third kappa shape index (κ3) is 3.00. The molecule has 0 N–H and O–H groups in total. The average Bonchev–Trinajstić information content (AvgIpc) is 2.79. The summed E-state index contributed by atoms with van der Waals surface area (Å²) in [5.41, 5.74) is 0.492. The second-order valence-electron chi connectivity index (χ2n) is 4.30. The highest BCUT2D eigenvalue weighted by atomic mass is 32.2. The van der Waals surface area contributed by atoms with Crippen LogP contribution >= 0.6 is 11.3 Å². The van der Waals surface area contributed by atoms with E-state index in [0.717, 1.165) is 15.6 Å². The van der Waals surface area contributed by atoms with Gasteiger partial charge in [-0.3, -0.25) is 0 Å². The molecule has 1 atom stereocenters. The van der Waals surface area contributed by atoms with Crippen molar-refractivity contribution in [2.24, 2.45) is 0 Å². The fourth-order valence-electron chi connectivity index (χ4n) is 1.63. The van der Waals surface area contributed by atoms with Gasteiger partial charge in [0.15, 0.2) is 0 Å². The van der Waals surface area contributed by atoms with E-state index in [4.69, 9.17) is 5.26 Å². The molecule has 0 aromatic carbocycles. The molecule has 1 unspecified atom stereocenters. The second-order valence-corrected chi connectivity index (χ2v) is 7.12. The number of thiophene rings is 1. The molecule has 1 heterocycles. The second kappa shape index (κ2) is 6.35. The van der Waals surface area contributed by atoms with E-state index in [2.05, 4.69) is 4.74 Å². The Morgan fingerprint density at radius 1 is 1.60 bits per heavy atom. The van der Waals surface area contributed by atoms with Gasteiger partial charge in [0.2, 0.25) is 10.0 Å². The van der Waals surface area contributed by atoms with Crippen molar-refractivity contribution in [1.29, 1.82) is 5.26 Å². The van der Waals surface area contributed by atoms with Crippen LogP contribution in [0, 0.1) is 18.3 Å². The molecule has 1 aromatic rings. The van der Waals surface area contributed by atoms with E-state index < -0.39 is 22.0 Å². The van der Waals surface area contributed by atoms with Crippen molar-refractivity contribution in [2.75, 3.05) is 14.2 Å². The molecule has 0 saturated carbocycles. The number of carbonyl (C=O) groups excluding carboxylic acids is 1. The molecule has 1 rings (SSSR count). The summed E-state index contributed by atoms with van der Waals surface area (Å²) < 4.78 is 30.9. The van der Waals surface area contributed by atoms with E-state index in [9.17, 15) is 13.2 Å². The number of esters is 1. The van der Waals surface area contributed by atoms with Crippen LogP contribution in [0.15, 0.2) is 10.3 Å².